The van der Waals surface area contributed by atoms with E-state index in [1.165, 1.54) is 24.4 Å². The van der Waals surface area contributed by atoms with Gasteiger partial charge < -0.3 is 10.4 Å². The molecule has 1 amide bonds. The number of nitrogens with zero attached hydrogens (tertiary/aromatic N) is 1. The topological polar surface area (TPSA) is 62.2 Å². The fraction of sp³-hybridized carbons (Fsp3) is 0.143. The molecule has 0 fully saturated rings. The third-order valence-corrected chi connectivity index (χ3v) is 2.72. The summed E-state index contributed by atoms with van der Waals surface area (Å²) in [6, 6.07) is 8.57. The van der Waals surface area contributed by atoms with Crippen LogP contribution in [0.25, 0.3) is 0 Å². The van der Waals surface area contributed by atoms with E-state index in [1.807, 2.05) is 0 Å². The number of nitrogens with one attached hydrogen (secondary N) is 1. The van der Waals surface area contributed by atoms with Crippen molar-refractivity contribution in [1.82, 2.24) is 10.3 Å². The van der Waals surface area contributed by atoms with Gasteiger partial charge in [0.2, 0.25) is 0 Å². The van der Waals surface area contributed by atoms with Gasteiger partial charge in [-0.25, -0.2) is 9.37 Å². The summed E-state index contributed by atoms with van der Waals surface area (Å²) in [6.45, 7) is 1.66. The molecule has 5 heteroatoms. The van der Waals surface area contributed by atoms with Gasteiger partial charge in [-0.15, -0.1) is 0 Å². The van der Waals surface area contributed by atoms with Crippen molar-refractivity contribution in [2.75, 3.05) is 0 Å². The molecule has 2 N–H and O–H groups in total. The number of aromatic nitrogens is 1. The highest BCUT2D eigenvalue weighted by Gasteiger charge is 2.17. The average Bonchev–Trinajstić information content (AvgIpc) is 2.39. The molecule has 2 rings (SSSR count). The molecule has 98 valence electrons. The molecule has 1 aromatic heterocycles. The Kier molecular flexibility index (Phi) is 3.75. The molecule has 1 atom stereocenters. The van der Waals surface area contributed by atoms with E-state index in [-0.39, 0.29) is 17.3 Å². The molecule has 2 aromatic rings. The molecule has 0 radical (unpaired) electrons. The maximum atomic E-state index is 13.6. The molecule has 1 aromatic carbocycles. The van der Waals surface area contributed by atoms with E-state index in [9.17, 15) is 14.3 Å². The highest BCUT2D eigenvalue weighted by Crippen LogP contribution is 2.18. The highest BCUT2D eigenvalue weighted by atomic mass is 19.1. The van der Waals surface area contributed by atoms with Gasteiger partial charge in [-0.3, -0.25) is 4.79 Å². The summed E-state index contributed by atoms with van der Waals surface area (Å²) in [7, 11) is 0. The average molecular weight is 260 g/mol. The Morgan fingerprint density at radius 1 is 1.32 bits per heavy atom. The minimum Gasteiger partial charge on any atom is -0.505 e. The summed E-state index contributed by atoms with van der Waals surface area (Å²) < 4.78 is 13.6. The van der Waals surface area contributed by atoms with Crippen molar-refractivity contribution in [3.63, 3.8) is 0 Å². The predicted octanol–water partition coefficient (Wildman–Crippen LogP) is 2.42. The summed E-state index contributed by atoms with van der Waals surface area (Å²) in [5.41, 5.74) is 0.303. The fourth-order valence-electron chi connectivity index (χ4n) is 1.74. The van der Waals surface area contributed by atoms with Crippen LogP contribution in [-0.2, 0) is 0 Å². The van der Waals surface area contributed by atoms with Crippen LogP contribution in [0.3, 0.4) is 0 Å². The van der Waals surface area contributed by atoms with E-state index < -0.39 is 11.9 Å². The summed E-state index contributed by atoms with van der Waals surface area (Å²) in [6.07, 6.45) is 1.41. The van der Waals surface area contributed by atoms with E-state index in [2.05, 4.69) is 10.3 Å². The zero-order valence-corrected chi connectivity index (χ0v) is 10.3. The minimum absolute atomic E-state index is 0.0781. The summed E-state index contributed by atoms with van der Waals surface area (Å²) in [4.78, 5) is 15.7. The Hall–Kier alpha value is -2.43. The molecule has 0 spiro atoms. The van der Waals surface area contributed by atoms with Gasteiger partial charge in [0, 0.05) is 11.8 Å². The van der Waals surface area contributed by atoms with Crippen LogP contribution in [0.5, 0.6) is 5.75 Å². The summed E-state index contributed by atoms with van der Waals surface area (Å²) in [5, 5.41) is 12.1. The van der Waals surface area contributed by atoms with Crippen LogP contribution in [0.15, 0.2) is 42.6 Å². The normalized spacial score (nSPS) is 11.9. The molecule has 1 unspecified atom stereocenters. The van der Waals surface area contributed by atoms with Crippen LogP contribution in [0.1, 0.15) is 29.0 Å². The quantitative estimate of drug-likeness (QED) is 0.890. The Morgan fingerprint density at radius 3 is 2.74 bits per heavy atom. The van der Waals surface area contributed by atoms with Crippen LogP contribution in [0.2, 0.25) is 0 Å². The zero-order valence-electron chi connectivity index (χ0n) is 10.3. The van der Waals surface area contributed by atoms with Crippen molar-refractivity contribution < 1.29 is 14.3 Å². The lowest BCUT2D eigenvalue weighted by Crippen LogP contribution is -2.28. The third kappa shape index (κ3) is 2.88. The van der Waals surface area contributed by atoms with Gasteiger partial charge in [-0.2, -0.15) is 0 Å². The van der Waals surface area contributed by atoms with E-state index in [1.54, 1.807) is 25.1 Å². The number of carbonyl (C=O) groups excluding carboxylic acids is 1. The SMILES string of the molecule is CC(NC(=O)c1ncccc1O)c1ccccc1F. The summed E-state index contributed by atoms with van der Waals surface area (Å²) in [5.74, 6) is -1.14. The van der Waals surface area contributed by atoms with E-state index >= 15 is 0 Å². The molecule has 0 saturated carbocycles. The Morgan fingerprint density at radius 2 is 2.05 bits per heavy atom. The Bertz CT molecular complexity index is 602. The van der Waals surface area contributed by atoms with Gasteiger partial charge in [0.1, 0.15) is 11.6 Å². The Labute approximate surface area is 109 Å². The lowest BCUT2D eigenvalue weighted by Gasteiger charge is -2.15. The lowest BCUT2D eigenvalue weighted by atomic mass is 10.1. The lowest BCUT2D eigenvalue weighted by molar-refractivity contribution is 0.0931. The number of carbonyl (C=O) groups is 1. The number of halogens is 1. The smallest absolute Gasteiger partial charge is 0.274 e. The number of hydrogen-bond donors (Lipinski definition) is 2. The molecule has 0 aliphatic rings. The maximum absolute atomic E-state index is 13.6. The molecule has 0 saturated heterocycles. The number of amides is 1. The van der Waals surface area contributed by atoms with Gasteiger partial charge in [0.15, 0.2) is 5.69 Å². The van der Waals surface area contributed by atoms with Crippen molar-refractivity contribution in [3.8, 4) is 5.75 Å². The van der Waals surface area contributed by atoms with Gasteiger partial charge in [0.25, 0.3) is 5.91 Å². The molecule has 19 heavy (non-hydrogen) atoms. The molecule has 1 heterocycles. The standard InChI is InChI=1S/C14H13FN2O2/c1-9(10-5-2-3-6-11(10)15)17-14(19)13-12(18)7-4-8-16-13/h2-9,18H,1H3,(H,17,19). The van der Waals surface area contributed by atoms with Crippen molar-refractivity contribution >= 4 is 5.91 Å². The van der Waals surface area contributed by atoms with Crippen LogP contribution < -0.4 is 5.32 Å². The first-order valence-electron chi connectivity index (χ1n) is 5.79. The molecular formula is C14H13FN2O2. The Balaban J connectivity index is 2.16. The van der Waals surface area contributed by atoms with Gasteiger partial charge >= 0.3 is 0 Å². The first-order valence-corrected chi connectivity index (χ1v) is 5.79. The minimum atomic E-state index is -0.547. The van der Waals surface area contributed by atoms with Gasteiger partial charge in [0.05, 0.1) is 6.04 Å². The largest absolute Gasteiger partial charge is 0.505 e. The van der Waals surface area contributed by atoms with Crippen LogP contribution in [0, 0.1) is 5.82 Å². The molecule has 0 bridgehead atoms. The van der Waals surface area contributed by atoms with Crippen molar-refractivity contribution in [3.05, 3.63) is 59.7 Å². The number of pyridine rings is 1. The third-order valence-electron chi connectivity index (χ3n) is 2.72. The number of benzene rings is 1. The van der Waals surface area contributed by atoms with E-state index in [0.29, 0.717) is 5.56 Å². The van der Waals surface area contributed by atoms with Crippen LogP contribution in [0.4, 0.5) is 4.39 Å². The van der Waals surface area contributed by atoms with Crippen molar-refractivity contribution in [2.24, 2.45) is 0 Å². The number of rotatable bonds is 3. The second kappa shape index (κ2) is 5.48. The molecule has 0 aliphatic carbocycles. The monoisotopic (exact) mass is 260 g/mol. The highest BCUT2D eigenvalue weighted by molar-refractivity contribution is 5.94. The predicted molar refractivity (Wildman–Crippen MR) is 68.2 cm³/mol. The van der Waals surface area contributed by atoms with Crippen LogP contribution in [-0.4, -0.2) is 16.0 Å². The van der Waals surface area contributed by atoms with Crippen molar-refractivity contribution in [1.29, 1.82) is 0 Å². The van der Waals surface area contributed by atoms with Crippen molar-refractivity contribution in [2.45, 2.75) is 13.0 Å². The number of aromatic hydroxyl groups is 1. The molecule has 4 nitrogen and oxygen atoms in total. The summed E-state index contributed by atoms with van der Waals surface area (Å²) >= 11 is 0. The van der Waals surface area contributed by atoms with Crippen LogP contribution >= 0.6 is 0 Å². The molecular weight excluding hydrogens is 247 g/mol. The maximum Gasteiger partial charge on any atom is 0.274 e. The molecule has 0 aliphatic heterocycles. The fourth-order valence-corrected chi connectivity index (χ4v) is 1.74. The van der Waals surface area contributed by atoms with Gasteiger partial charge in [-0.1, -0.05) is 18.2 Å². The number of hydrogen-bond acceptors (Lipinski definition) is 3. The second-order valence-electron chi connectivity index (χ2n) is 4.09. The first-order chi connectivity index (χ1) is 9.09. The zero-order chi connectivity index (χ0) is 13.8. The van der Waals surface area contributed by atoms with E-state index in [0.717, 1.165) is 0 Å². The van der Waals surface area contributed by atoms with Gasteiger partial charge in [-0.05, 0) is 25.1 Å². The first kappa shape index (κ1) is 13.0. The second-order valence-corrected chi connectivity index (χ2v) is 4.09. The van der Waals surface area contributed by atoms with E-state index in [4.69, 9.17) is 0 Å².